The topological polar surface area (TPSA) is 77.5 Å². The van der Waals surface area contributed by atoms with Gasteiger partial charge in [0.2, 0.25) is 0 Å². The van der Waals surface area contributed by atoms with Crippen molar-refractivity contribution in [3.63, 3.8) is 0 Å². The number of ether oxygens (including phenoxy) is 1. The van der Waals surface area contributed by atoms with Crippen molar-refractivity contribution in [1.29, 1.82) is 0 Å². The number of benzene rings is 1. The fraction of sp³-hybridized carbons (Fsp3) is 0.364. The zero-order valence-electron chi connectivity index (χ0n) is 10.1. The van der Waals surface area contributed by atoms with Gasteiger partial charge in [-0.15, -0.1) is 0 Å². The predicted molar refractivity (Wildman–Crippen MR) is 67.5 cm³/mol. The van der Waals surface area contributed by atoms with E-state index in [4.69, 9.17) is 0 Å². The number of esters is 1. The summed E-state index contributed by atoms with van der Waals surface area (Å²) in [5.41, 5.74) is 0. The molecule has 0 bridgehead atoms. The van der Waals surface area contributed by atoms with Crippen LogP contribution in [0.5, 0.6) is 0 Å². The minimum atomic E-state index is -3.27. The van der Waals surface area contributed by atoms with Crippen molar-refractivity contribution in [1.82, 2.24) is 0 Å². The summed E-state index contributed by atoms with van der Waals surface area (Å²) in [4.78, 5) is 11.7. The Bertz CT molecular complexity index is 545. The Hall–Kier alpha value is -1.21. The van der Waals surface area contributed by atoms with Crippen LogP contribution >= 0.6 is 0 Å². The number of hydrogen-bond acceptors (Lipinski definition) is 5. The largest absolute Gasteiger partial charge is 0.465 e. The lowest BCUT2D eigenvalue weighted by atomic mass is 10.4. The molecule has 0 amide bonds. The molecule has 0 heterocycles. The Balaban J connectivity index is 2.80. The van der Waals surface area contributed by atoms with E-state index in [1.807, 2.05) is 0 Å². The Morgan fingerprint density at radius 2 is 1.83 bits per heavy atom. The maximum absolute atomic E-state index is 11.8. The number of carbonyl (C=O) groups excluding carboxylic acids is 1. The molecule has 100 valence electrons. The summed E-state index contributed by atoms with van der Waals surface area (Å²) in [6.07, 6.45) is 1.09. The molecule has 0 N–H and O–H groups in total. The summed E-state index contributed by atoms with van der Waals surface area (Å²) in [5.74, 6) is -0.769. The van der Waals surface area contributed by atoms with Crippen LogP contribution in [0.25, 0.3) is 0 Å². The molecule has 0 aliphatic carbocycles. The number of sulfone groups is 1. The smallest absolute Gasteiger partial charge is 0.318 e. The third-order valence-corrected chi connectivity index (χ3v) is 4.49. The van der Waals surface area contributed by atoms with Gasteiger partial charge in [-0.2, -0.15) is 0 Å². The van der Waals surface area contributed by atoms with Crippen molar-refractivity contribution in [3.8, 4) is 0 Å². The van der Waals surface area contributed by atoms with Gasteiger partial charge >= 0.3 is 5.97 Å². The molecule has 1 atom stereocenters. The van der Waals surface area contributed by atoms with Crippen LogP contribution in [0.1, 0.15) is 6.92 Å². The summed E-state index contributed by atoms with van der Waals surface area (Å²) in [6.45, 7) is 1.91. The number of hydrogen-bond donors (Lipinski definition) is 0. The lowest BCUT2D eigenvalue weighted by molar-refractivity contribution is -0.139. The van der Waals surface area contributed by atoms with Gasteiger partial charge in [-0.3, -0.25) is 9.00 Å². The van der Waals surface area contributed by atoms with Crippen LogP contribution in [0.4, 0.5) is 0 Å². The molecule has 0 spiro atoms. The monoisotopic (exact) mass is 290 g/mol. The van der Waals surface area contributed by atoms with Gasteiger partial charge in [-0.05, 0) is 31.2 Å². The highest BCUT2D eigenvalue weighted by atomic mass is 32.2. The van der Waals surface area contributed by atoms with E-state index in [1.54, 1.807) is 6.92 Å². The van der Waals surface area contributed by atoms with E-state index in [0.29, 0.717) is 4.90 Å². The quantitative estimate of drug-likeness (QED) is 0.748. The average molecular weight is 290 g/mol. The van der Waals surface area contributed by atoms with Crippen LogP contribution in [0.3, 0.4) is 0 Å². The summed E-state index contributed by atoms with van der Waals surface area (Å²) in [7, 11) is -4.79. The van der Waals surface area contributed by atoms with Crippen molar-refractivity contribution >= 4 is 26.6 Å². The van der Waals surface area contributed by atoms with E-state index >= 15 is 0 Å². The standard InChI is InChI=1S/C11H14O5S2/c1-3-16-11(12)8-17(13)9-4-6-10(7-5-9)18(2,14)15/h4-7H,3,8H2,1-2H3. The van der Waals surface area contributed by atoms with Crippen molar-refractivity contribution in [2.45, 2.75) is 16.7 Å². The first-order valence-corrected chi connectivity index (χ1v) is 8.39. The second-order valence-corrected chi connectivity index (χ2v) is 7.01. The van der Waals surface area contributed by atoms with Gasteiger partial charge in [0.15, 0.2) is 9.84 Å². The second kappa shape index (κ2) is 6.10. The van der Waals surface area contributed by atoms with Gasteiger partial charge in [0.1, 0.15) is 5.75 Å². The summed E-state index contributed by atoms with van der Waals surface area (Å²) in [6, 6.07) is 5.61. The number of rotatable bonds is 5. The number of carbonyl (C=O) groups is 1. The maximum atomic E-state index is 11.8. The fourth-order valence-electron chi connectivity index (χ4n) is 1.23. The van der Waals surface area contributed by atoms with Crippen molar-refractivity contribution in [2.75, 3.05) is 18.6 Å². The van der Waals surface area contributed by atoms with Gasteiger partial charge in [-0.25, -0.2) is 8.42 Å². The summed E-state index contributed by atoms with van der Waals surface area (Å²) < 4.78 is 38.9. The van der Waals surface area contributed by atoms with Gasteiger partial charge < -0.3 is 4.74 Å². The van der Waals surface area contributed by atoms with Crippen molar-refractivity contribution in [3.05, 3.63) is 24.3 Å². The Morgan fingerprint density at radius 1 is 1.28 bits per heavy atom. The lowest BCUT2D eigenvalue weighted by Gasteiger charge is -2.03. The first-order chi connectivity index (χ1) is 8.34. The van der Waals surface area contributed by atoms with Crippen molar-refractivity contribution in [2.24, 2.45) is 0 Å². The molecule has 0 saturated carbocycles. The summed E-state index contributed by atoms with van der Waals surface area (Å²) in [5, 5.41) is 0. The minimum Gasteiger partial charge on any atom is -0.465 e. The molecule has 0 fully saturated rings. The molecule has 1 unspecified atom stereocenters. The summed E-state index contributed by atoms with van der Waals surface area (Å²) >= 11 is 0. The van der Waals surface area contributed by atoms with E-state index in [2.05, 4.69) is 4.74 Å². The first-order valence-electron chi connectivity index (χ1n) is 5.18. The van der Waals surface area contributed by atoms with Crippen molar-refractivity contribution < 1.29 is 22.2 Å². The molecule has 1 aromatic carbocycles. The molecule has 0 radical (unpaired) electrons. The average Bonchev–Trinajstić information content (AvgIpc) is 2.28. The molecular weight excluding hydrogens is 276 g/mol. The van der Waals surface area contributed by atoms with E-state index in [0.717, 1.165) is 6.26 Å². The highest BCUT2D eigenvalue weighted by Gasteiger charge is 2.12. The van der Waals surface area contributed by atoms with Crippen LogP contribution in [0.15, 0.2) is 34.1 Å². The highest BCUT2D eigenvalue weighted by Crippen LogP contribution is 2.13. The molecule has 1 aromatic rings. The van der Waals surface area contributed by atoms with Crippen LogP contribution in [-0.2, 0) is 30.2 Å². The van der Waals surface area contributed by atoms with E-state index in [1.165, 1.54) is 24.3 Å². The lowest BCUT2D eigenvalue weighted by Crippen LogP contribution is -2.14. The normalized spacial score (nSPS) is 13.0. The molecule has 5 nitrogen and oxygen atoms in total. The molecule has 0 aromatic heterocycles. The van der Waals surface area contributed by atoms with Crippen LogP contribution in [0.2, 0.25) is 0 Å². The van der Waals surface area contributed by atoms with Gasteiger partial charge in [0.05, 0.1) is 22.3 Å². The maximum Gasteiger partial charge on any atom is 0.318 e. The molecule has 1 rings (SSSR count). The van der Waals surface area contributed by atoms with E-state index in [9.17, 15) is 17.4 Å². The zero-order valence-corrected chi connectivity index (χ0v) is 11.7. The fourth-order valence-corrected chi connectivity index (χ4v) is 2.77. The van der Waals surface area contributed by atoms with E-state index < -0.39 is 26.6 Å². The van der Waals surface area contributed by atoms with Crippen LogP contribution in [-0.4, -0.2) is 37.2 Å². The third kappa shape index (κ3) is 4.23. The van der Waals surface area contributed by atoms with E-state index in [-0.39, 0.29) is 17.3 Å². The Kier molecular flexibility index (Phi) is 5.03. The molecule has 0 aliphatic heterocycles. The molecule has 7 heteroatoms. The zero-order chi connectivity index (χ0) is 13.8. The predicted octanol–water partition coefficient (Wildman–Crippen LogP) is 0.761. The van der Waals surface area contributed by atoms with Gasteiger partial charge in [-0.1, -0.05) is 0 Å². The Morgan fingerprint density at radius 3 is 2.28 bits per heavy atom. The SMILES string of the molecule is CCOC(=O)CS(=O)c1ccc(S(C)(=O)=O)cc1. The molecule has 0 saturated heterocycles. The molecule has 0 aliphatic rings. The van der Waals surface area contributed by atoms with Crippen LogP contribution < -0.4 is 0 Å². The van der Waals surface area contributed by atoms with Gasteiger partial charge in [0.25, 0.3) is 0 Å². The van der Waals surface area contributed by atoms with Gasteiger partial charge in [0, 0.05) is 11.2 Å². The first kappa shape index (κ1) is 14.8. The highest BCUT2D eigenvalue weighted by molar-refractivity contribution is 7.90. The Labute approximate surface area is 109 Å². The molecular formula is C11H14O5S2. The third-order valence-electron chi connectivity index (χ3n) is 2.07. The second-order valence-electron chi connectivity index (χ2n) is 3.54. The molecule has 18 heavy (non-hydrogen) atoms. The minimum absolute atomic E-state index is 0.152. The van der Waals surface area contributed by atoms with Crippen LogP contribution in [0, 0.1) is 0 Å².